The molecule has 4 heteroatoms. The van der Waals surface area contributed by atoms with E-state index in [0.717, 1.165) is 5.56 Å². The summed E-state index contributed by atoms with van der Waals surface area (Å²) in [7, 11) is 0. The zero-order valence-corrected chi connectivity index (χ0v) is 11.4. The van der Waals surface area contributed by atoms with Gasteiger partial charge in [0.25, 0.3) is 0 Å². The maximum Gasteiger partial charge on any atom is 0.234 e. The van der Waals surface area contributed by atoms with Crippen molar-refractivity contribution in [3.8, 4) is 0 Å². The smallest absolute Gasteiger partial charge is 0.234 e. The molecule has 0 aliphatic carbocycles. The molecule has 3 nitrogen and oxygen atoms in total. The van der Waals surface area contributed by atoms with Gasteiger partial charge in [0.05, 0.1) is 10.9 Å². The number of amides is 1. The molecule has 0 aromatic carbocycles. The van der Waals surface area contributed by atoms with Gasteiger partial charge in [-0.2, -0.15) is 0 Å². The Bertz CT molecular complexity index is 340. The van der Waals surface area contributed by atoms with E-state index in [-0.39, 0.29) is 22.7 Å². The van der Waals surface area contributed by atoms with Crippen molar-refractivity contribution in [2.45, 2.75) is 31.6 Å². The molecule has 0 spiro atoms. The number of carbonyl (C=O) groups is 1. The fraction of sp³-hybridized carbons (Fsp3) is 0.500. The van der Waals surface area contributed by atoms with Crippen LogP contribution in [0.15, 0.2) is 24.5 Å². The molecular weight excluding hydrogens is 268 g/mol. The number of nitrogens with zero attached hydrogens (tertiary/aromatic N) is 1. The molecule has 1 heterocycles. The average Bonchev–Trinajstić information content (AvgIpc) is 2.28. The predicted octanol–water partition coefficient (Wildman–Crippen LogP) is 2.68. The molecule has 1 N–H and O–H groups in total. The highest BCUT2D eigenvalue weighted by Crippen LogP contribution is 2.15. The molecule has 0 saturated heterocycles. The Kier molecular flexibility index (Phi) is 4.93. The summed E-state index contributed by atoms with van der Waals surface area (Å²) < 4.78 is 0. The highest BCUT2D eigenvalue weighted by molar-refractivity contribution is 9.10. The van der Waals surface area contributed by atoms with E-state index < -0.39 is 0 Å². The topological polar surface area (TPSA) is 42.0 Å². The Labute approximate surface area is 105 Å². The van der Waals surface area contributed by atoms with Crippen LogP contribution in [0.4, 0.5) is 0 Å². The molecule has 2 atom stereocenters. The van der Waals surface area contributed by atoms with Crippen molar-refractivity contribution in [2.24, 2.45) is 5.92 Å². The van der Waals surface area contributed by atoms with Crippen LogP contribution in [0, 0.1) is 5.92 Å². The van der Waals surface area contributed by atoms with Crippen LogP contribution in [0.2, 0.25) is 0 Å². The minimum atomic E-state index is -0.142. The van der Waals surface area contributed by atoms with Gasteiger partial charge < -0.3 is 5.32 Å². The van der Waals surface area contributed by atoms with E-state index in [4.69, 9.17) is 0 Å². The lowest BCUT2D eigenvalue weighted by Gasteiger charge is -2.18. The van der Waals surface area contributed by atoms with Crippen molar-refractivity contribution in [2.75, 3.05) is 0 Å². The van der Waals surface area contributed by atoms with Crippen LogP contribution in [0.5, 0.6) is 0 Å². The Morgan fingerprint density at radius 3 is 2.38 bits per heavy atom. The number of aromatic nitrogens is 1. The fourth-order valence-corrected chi connectivity index (χ4v) is 1.46. The van der Waals surface area contributed by atoms with Crippen LogP contribution in [-0.2, 0) is 4.79 Å². The molecule has 1 aromatic heterocycles. The molecule has 88 valence electrons. The molecule has 0 aliphatic heterocycles. The van der Waals surface area contributed by atoms with Crippen molar-refractivity contribution in [1.82, 2.24) is 10.3 Å². The Morgan fingerprint density at radius 1 is 1.31 bits per heavy atom. The second kappa shape index (κ2) is 5.99. The van der Waals surface area contributed by atoms with Crippen molar-refractivity contribution in [3.05, 3.63) is 30.1 Å². The summed E-state index contributed by atoms with van der Waals surface area (Å²) in [5.74, 6) is 0.309. The molecular formula is C12H17BrN2O. The summed E-state index contributed by atoms with van der Waals surface area (Å²) >= 11 is 3.38. The van der Waals surface area contributed by atoms with Crippen LogP contribution < -0.4 is 5.32 Å². The van der Waals surface area contributed by atoms with Crippen LogP contribution in [0.3, 0.4) is 0 Å². The highest BCUT2D eigenvalue weighted by Gasteiger charge is 2.20. The molecule has 0 saturated carbocycles. The first-order chi connectivity index (χ1) is 7.52. The van der Waals surface area contributed by atoms with Crippen molar-refractivity contribution in [3.63, 3.8) is 0 Å². The molecule has 1 aromatic rings. The molecule has 1 unspecified atom stereocenters. The normalized spacial score (nSPS) is 14.6. The van der Waals surface area contributed by atoms with E-state index in [9.17, 15) is 4.79 Å². The van der Waals surface area contributed by atoms with E-state index in [2.05, 4.69) is 26.2 Å². The van der Waals surface area contributed by atoms with E-state index >= 15 is 0 Å². The number of carbonyl (C=O) groups excluding carboxylic acids is 1. The number of hydrogen-bond acceptors (Lipinski definition) is 2. The predicted molar refractivity (Wildman–Crippen MR) is 68.3 cm³/mol. The molecule has 0 fully saturated rings. The SMILES string of the molecule is CC(C)C(Br)C(=O)N[C@@H](C)c1ccncc1. The summed E-state index contributed by atoms with van der Waals surface area (Å²) in [4.78, 5) is 15.6. The lowest BCUT2D eigenvalue weighted by atomic mass is 10.1. The molecule has 1 amide bonds. The third-order valence-electron chi connectivity index (χ3n) is 2.40. The van der Waals surface area contributed by atoms with Gasteiger partial charge in [0.2, 0.25) is 5.91 Å². The van der Waals surface area contributed by atoms with Crippen LogP contribution in [0.1, 0.15) is 32.4 Å². The number of nitrogens with one attached hydrogen (secondary N) is 1. The number of alkyl halides is 1. The largest absolute Gasteiger partial charge is 0.349 e. The Hall–Kier alpha value is -0.900. The molecule has 1 rings (SSSR count). The van der Waals surface area contributed by atoms with E-state index in [1.54, 1.807) is 12.4 Å². The third-order valence-corrected chi connectivity index (χ3v) is 3.87. The molecule has 0 aliphatic rings. The minimum absolute atomic E-state index is 0.00861. The summed E-state index contributed by atoms with van der Waals surface area (Å²) in [5.41, 5.74) is 1.06. The van der Waals surface area contributed by atoms with Gasteiger partial charge >= 0.3 is 0 Å². The molecule has 0 radical (unpaired) electrons. The summed E-state index contributed by atoms with van der Waals surface area (Å²) in [5, 5.41) is 2.96. The summed E-state index contributed by atoms with van der Waals surface area (Å²) in [6.07, 6.45) is 3.46. The number of hydrogen-bond donors (Lipinski definition) is 1. The first kappa shape index (κ1) is 13.2. The quantitative estimate of drug-likeness (QED) is 0.864. The third kappa shape index (κ3) is 3.59. The van der Waals surface area contributed by atoms with E-state index in [1.807, 2.05) is 32.9 Å². The molecule has 16 heavy (non-hydrogen) atoms. The van der Waals surface area contributed by atoms with Gasteiger partial charge in [0.1, 0.15) is 0 Å². The fourth-order valence-electron chi connectivity index (χ4n) is 1.33. The number of halogens is 1. The summed E-state index contributed by atoms with van der Waals surface area (Å²) in [6.45, 7) is 5.99. The monoisotopic (exact) mass is 284 g/mol. The first-order valence-corrected chi connectivity index (χ1v) is 6.28. The molecule has 0 bridgehead atoms. The van der Waals surface area contributed by atoms with Gasteiger partial charge in [-0.3, -0.25) is 9.78 Å². The van der Waals surface area contributed by atoms with E-state index in [0.29, 0.717) is 0 Å². The second-order valence-electron chi connectivity index (χ2n) is 4.16. The minimum Gasteiger partial charge on any atom is -0.349 e. The van der Waals surface area contributed by atoms with Gasteiger partial charge in [-0.15, -0.1) is 0 Å². The van der Waals surface area contributed by atoms with Gasteiger partial charge in [-0.1, -0.05) is 29.8 Å². The number of rotatable bonds is 4. The van der Waals surface area contributed by atoms with Crippen LogP contribution >= 0.6 is 15.9 Å². The Balaban J connectivity index is 2.58. The van der Waals surface area contributed by atoms with E-state index in [1.165, 1.54) is 0 Å². The van der Waals surface area contributed by atoms with Crippen LogP contribution in [0.25, 0.3) is 0 Å². The zero-order valence-electron chi connectivity index (χ0n) is 9.77. The van der Waals surface area contributed by atoms with Gasteiger partial charge in [0.15, 0.2) is 0 Å². The van der Waals surface area contributed by atoms with Gasteiger partial charge in [-0.25, -0.2) is 0 Å². The second-order valence-corrected chi connectivity index (χ2v) is 5.14. The van der Waals surface area contributed by atoms with Crippen molar-refractivity contribution >= 4 is 21.8 Å². The van der Waals surface area contributed by atoms with Gasteiger partial charge in [0, 0.05) is 12.4 Å². The van der Waals surface area contributed by atoms with Crippen molar-refractivity contribution in [1.29, 1.82) is 0 Å². The standard InChI is InChI=1S/C12H17BrN2O/c1-8(2)11(13)12(16)15-9(3)10-4-6-14-7-5-10/h4-9,11H,1-3H3,(H,15,16)/t9-,11?/m0/s1. The van der Waals surface area contributed by atoms with Gasteiger partial charge in [-0.05, 0) is 30.5 Å². The van der Waals surface area contributed by atoms with Crippen molar-refractivity contribution < 1.29 is 4.79 Å². The highest BCUT2D eigenvalue weighted by atomic mass is 79.9. The van der Waals surface area contributed by atoms with Crippen LogP contribution in [-0.4, -0.2) is 15.7 Å². The summed E-state index contributed by atoms with van der Waals surface area (Å²) in [6, 6.07) is 3.82. The zero-order chi connectivity index (χ0) is 12.1. The average molecular weight is 285 g/mol. The number of pyridine rings is 1. The first-order valence-electron chi connectivity index (χ1n) is 5.36. The Morgan fingerprint density at radius 2 is 1.88 bits per heavy atom. The maximum atomic E-state index is 11.8. The lowest BCUT2D eigenvalue weighted by Crippen LogP contribution is -2.35. The lowest BCUT2D eigenvalue weighted by molar-refractivity contribution is -0.121. The maximum absolute atomic E-state index is 11.8.